The number of nitrogens with two attached hydrogens (primary N) is 1. The lowest BCUT2D eigenvalue weighted by atomic mass is 10.2. The SMILES string of the molecule is CCCCN(CCCC)c1cc(CN)cc(C)n1. The Kier molecular flexibility index (Phi) is 6.73. The lowest BCUT2D eigenvalue weighted by Gasteiger charge is -2.24. The third-order valence-electron chi connectivity index (χ3n) is 3.12. The molecule has 0 amide bonds. The van der Waals surface area contributed by atoms with Gasteiger partial charge in [0, 0.05) is 25.3 Å². The monoisotopic (exact) mass is 249 g/mol. The third-order valence-corrected chi connectivity index (χ3v) is 3.12. The smallest absolute Gasteiger partial charge is 0.129 e. The second-order valence-electron chi connectivity index (χ2n) is 4.87. The van der Waals surface area contributed by atoms with E-state index >= 15 is 0 Å². The molecule has 2 N–H and O–H groups in total. The summed E-state index contributed by atoms with van der Waals surface area (Å²) in [6, 6.07) is 4.21. The molecule has 3 heteroatoms. The Morgan fingerprint density at radius 2 is 1.72 bits per heavy atom. The zero-order valence-corrected chi connectivity index (χ0v) is 12.1. The second-order valence-corrected chi connectivity index (χ2v) is 4.87. The van der Waals surface area contributed by atoms with E-state index in [-0.39, 0.29) is 0 Å². The first-order valence-corrected chi connectivity index (χ1v) is 7.13. The van der Waals surface area contributed by atoms with E-state index in [9.17, 15) is 0 Å². The summed E-state index contributed by atoms with van der Waals surface area (Å²) in [6.07, 6.45) is 4.88. The molecule has 1 rings (SSSR count). The molecule has 0 unspecified atom stereocenters. The predicted octanol–water partition coefficient (Wildman–Crippen LogP) is 3.26. The number of pyridine rings is 1. The topological polar surface area (TPSA) is 42.1 Å². The fourth-order valence-corrected chi connectivity index (χ4v) is 2.04. The van der Waals surface area contributed by atoms with Gasteiger partial charge in [-0.2, -0.15) is 0 Å². The minimum Gasteiger partial charge on any atom is -0.357 e. The molecule has 0 aliphatic heterocycles. The number of hydrogen-bond acceptors (Lipinski definition) is 3. The number of anilines is 1. The average molecular weight is 249 g/mol. The van der Waals surface area contributed by atoms with Crippen molar-refractivity contribution in [2.75, 3.05) is 18.0 Å². The molecular weight excluding hydrogens is 222 g/mol. The molecule has 0 spiro atoms. The van der Waals surface area contributed by atoms with E-state index in [2.05, 4.69) is 35.9 Å². The van der Waals surface area contributed by atoms with Crippen LogP contribution in [0.15, 0.2) is 12.1 Å². The number of rotatable bonds is 8. The number of unbranched alkanes of at least 4 members (excludes halogenated alkanes) is 2. The maximum Gasteiger partial charge on any atom is 0.129 e. The van der Waals surface area contributed by atoms with Crippen molar-refractivity contribution in [3.05, 3.63) is 23.4 Å². The van der Waals surface area contributed by atoms with Gasteiger partial charge in [0.1, 0.15) is 5.82 Å². The molecule has 0 fully saturated rings. The van der Waals surface area contributed by atoms with Gasteiger partial charge in [-0.15, -0.1) is 0 Å². The van der Waals surface area contributed by atoms with Gasteiger partial charge in [-0.1, -0.05) is 26.7 Å². The Balaban J connectivity index is 2.84. The van der Waals surface area contributed by atoms with Crippen molar-refractivity contribution in [2.24, 2.45) is 5.73 Å². The van der Waals surface area contributed by atoms with Gasteiger partial charge in [-0.3, -0.25) is 0 Å². The van der Waals surface area contributed by atoms with Crippen molar-refractivity contribution in [1.82, 2.24) is 4.98 Å². The molecule has 0 aliphatic rings. The van der Waals surface area contributed by atoms with Crippen LogP contribution in [-0.2, 0) is 6.54 Å². The summed E-state index contributed by atoms with van der Waals surface area (Å²) < 4.78 is 0. The first-order chi connectivity index (χ1) is 8.71. The van der Waals surface area contributed by atoms with Crippen LogP contribution in [0, 0.1) is 6.92 Å². The van der Waals surface area contributed by atoms with E-state index in [1.54, 1.807) is 0 Å². The van der Waals surface area contributed by atoms with Gasteiger partial charge in [0.15, 0.2) is 0 Å². The molecule has 0 bridgehead atoms. The van der Waals surface area contributed by atoms with Crippen LogP contribution < -0.4 is 10.6 Å². The maximum atomic E-state index is 5.74. The van der Waals surface area contributed by atoms with E-state index < -0.39 is 0 Å². The van der Waals surface area contributed by atoms with Crippen molar-refractivity contribution in [3.8, 4) is 0 Å². The van der Waals surface area contributed by atoms with Crippen LogP contribution in [0.4, 0.5) is 5.82 Å². The summed E-state index contributed by atoms with van der Waals surface area (Å²) in [5, 5.41) is 0. The maximum absolute atomic E-state index is 5.74. The molecule has 3 nitrogen and oxygen atoms in total. The van der Waals surface area contributed by atoms with E-state index in [1.807, 2.05) is 6.92 Å². The Morgan fingerprint density at radius 3 is 2.22 bits per heavy atom. The quantitative estimate of drug-likeness (QED) is 0.769. The number of aromatic nitrogens is 1. The van der Waals surface area contributed by atoms with Gasteiger partial charge in [0.05, 0.1) is 0 Å². The minimum atomic E-state index is 0.589. The van der Waals surface area contributed by atoms with Crippen LogP contribution in [0.2, 0.25) is 0 Å². The van der Waals surface area contributed by atoms with Gasteiger partial charge in [0.25, 0.3) is 0 Å². The second kappa shape index (κ2) is 8.09. The first kappa shape index (κ1) is 15.0. The molecule has 102 valence electrons. The standard InChI is InChI=1S/C15H27N3/c1-4-6-8-18(9-7-5-2)15-11-14(12-16)10-13(3)17-15/h10-11H,4-9,12,16H2,1-3H3. The van der Waals surface area contributed by atoms with Crippen LogP contribution in [-0.4, -0.2) is 18.1 Å². The van der Waals surface area contributed by atoms with Crippen molar-refractivity contribution in [1.29, 1.82) is 0 Å². The summed E-state index contributed by atoms with van der Waals surface area (Å²) in [4.78, 5) is 7.06. The van der Waals surface area contributed by atoms with E-state index in [0.717, 1.165) is 24.6 Å². The van der Waals surface area contributed by atoms with Gasteiger partial charge >= 0.3 is 0 Å². The highest BCUT2D eigenvalue weighted by atomic mass is 15.2. The van der Waals surface area contributed by atoms with Crippen LogP contribution in [0.25, 0.3) is 0 Å². The molecule has 1 aromatic heterocycles. The Hall–Kier alpha value is -1.09. The highest BCUT2D eigenvalue weighted by Gasteiger charge is 2.08. The molecule has 0 saturated carbocycles. The highest BCUT2D eigenvalue weighted by Crippen LogP contribution is 2.16. The molecule has 0 aromatic carbocycles. The van der Waals surface area contributed by atoms with Crippen molar-refractivity contribution in [3.63, 3.8) is 0 Å². The zero-order valence-electron chi connectivity index (χ0n) is 12.1. The van der Waals surface area contributed by atoms with Crippen LogP contribution in [0.3, 0.4) is 0 Å². The van der Waals surface area contributed by atoms with E-state index in [1.165, 1.54) is 31.2 Å². The number of nitrogens with zero attached hydrogens (tertiary/aromatic N) is 2. The molecule has 1 heterocycles. The Morgan fingerprint density at radius 1 is 1.11 bits per heavy atom. The molecule has 0 aliphatic carbocycles. The largest absolute Gasteiger partial charge is 0.357 e. The van der Waals surface area contributed by atoms with E-state index in [0.29, 0.717) is 6.54 Å². The van der Waals surface area contributed by atoms with Crippen LogP contribution in [0.5, 0.6) is 0 Å². The summed E-state index contributed by atoms with van der Waals surface area (Å²) in [5.41, 5.74) is 7.98. The normalized spacial score (nSPS) is 10.7. The fourth-order valence-electron chi connectivity index (χ4n) is 2.04. The summed E-state index contributed by atoms with van der Waals surface area (Å²) in [7, 11) is 0. The minimum absolute atomic E-state index is 0.589. The van der Waals surface area contributed by atoms with Crippen molar-refractivity contribution < 1.29 is 0 Å². The molecule has 0 radical (unpaired) electrons. The molecule has 0 atom stereocenters. The van der Waals surface area contributed by atoms with Gasteiger partial charge in [-0.25, -0.2) is 4.98 Å². The first-order valence-electron chi connectivity index (χ1n) is 7.13. The van der Waals surface area contributed by atoms with Crippen molar-refractivity contribution >= 4 is 5.82 Å². The lowest BCUT2D eigenvalue weighted by molar-refractivity contribution is 0.670. The van der Waals surface area contributed by atoms with Crippen LogP contribution in [0.1, 0.15) is 50.8 Å². The van der Waals surface area contributed by atoms with Gasteiger partial charge in [0.2, 0.25) is 0 Å². The number of aryl methyl sites for hydroxylation is 1. The molecule has 1 aromatic rings. The summed E-state index contributed by atoms with van der Waals surface area (Å²) in [5.74, 6) is 1.09. The zero-order chi connectivity index (χ0) is 13.4. The van der Waals surface area contributed by atoms with Gasteiger partial charge in [-0.05, 0) is 37.5 Å². The Bertz CT molecular complexity index is 342. The highest BCUT2D eigenvalue weighted by molar-refractivity contribution is 5.42. The molecular formula is C15H27N3. The summed E-state index contributed by atoms with van der Waals surface area (Å²) >= 11 is 0. The fraction of sp³-hybridized carbons (Fsp3) is 0.667. The van der Waals surface area contributed by atoms with Crippen molar-refractivity contribution in [2.45, 2.75) is 53.0 Å². The lowest BCUT2D eigenvalue weighted by Crippen LogP contribution is -2.27. The average Bonchev–Trinajstić information content (AvgIpc) is 2.38. The Labute approximate surface area is 111 Å². The number of hydrogen-bond donors (Lipinski definition) is 1. The predicted molar refractivity (Wildman–Crippen MR) is 78.9 cm³/mol. The molecule has 18 heavy (non-hydrogen) atoms. The van der Waals surface area contributed by atoms with E-state index in [4.69, 9.17) is 5.73 Å². The van der Waals surface area contributed by atoms with Gasteiger partial charge < -0.3 is 10.6 Å². The third kappa shape index (κ3) is 4.65. The van der Waals surface area contributed by atoms with Crippen LogP contribution >= 0.6 is 0 Å². The summed E-state index contributed by atoms with van der Waals surface area (Å²) in [6.45, 7) is 9.28. The molecule has 0 saturated heterocycles.